The van der Waals surface area contributed by atoms with Gasteiger partial charge < -0.3 is 4.90 Å². The molecule has 34 heavy (non-hydrogen) atoms. The molecule has 1 amide bonds. The molecule has 0 bridgehead atoms. The number of hydrogen-bond acceptors (Lipinski definition) is 4. The number of piperidine rings is 1. The number of anilines is 1. The zero-order valence-corrected chi connectivity index (χ0v) is 20.1. The fourth-order valence-electron chi connectivity index (χ4n) is 4.19. The summed E-state index contributed by atoms with van der Waals surface area (Å²) in [4.78, 5) is 27.8. The van der Waals surface area contributed by atoms with E-state index >= 15 is 0 Å². The van der Waals surface area contributed by atoms with Crippen molar-refractivity contribution in [2.75, 3.05) is 17.8 Å². The molecule has 4 rings (SSSR count). The third-order valence-electron chi connectivity index (χ3n) is 6.26. The molecule has 0 radical (unpaired) electrons. The Morgan fingerprint density at radius 2 is 1.53 bits per heavy atom. The van der Waals surface area contributed by atoms with Crippen molar-refractivity contribution in [3.63, 3.8) is 0 Å². The highest BCUT2D eigenvalue weighted by Crippen LogP contribution is 2.25. The van der Waals surface area contributed by atoms with Crippen LogP contribution in [0.3, 0.4) is 0 Å². The van der Waals surface area contributed by atoms with E-state index in [0.29, 0.717) is 48.3 Å². The van der Waals surface area contributed by atoms with Crippen LogP contribution in [-0.2, 0) is 10.0 Å². The lowest BCUT2D eigenvalue weighted by atomic mass is 9.88. The molecule has 3 aromatic rings. The molecule has 0 aromatic heterocycles. The van der Waals surface area contributed by atoms with Gasteiger partial charge in [0.1, 0.15) is 0 Å². The summed E-state index contributed by atoms with van der Waals surface area (Å²) in [6, 6.07) is 20.9. The maximum absolute atomic E-state index is 13.3. The number of nitrogens with one attached hydrogen (secondary N) is 1. The van der Waals surface area contributed by atoms with Crippen LogP contribution in [0.25, 0.3) is 0 Å². The Hall–Kier alpha value is -3.45. The summed E-state index contributed by atoms with van der Waals surface area (Å²) < 4.78 is 28.4. The van der Waals surface area contributed by atoms with Gasteiger partial charge in [-0.05, 0) is 56.5 Å². The van der Waals surface area contributed by atoms with Gasteiger partial charge in [-0.3, -0.25) is 14.3 Å². The molecule has 6 nitrogen and oxygen atoms in total. The lowest BCUT2D eigenvalue weighted by Gasteiger charge is -2.32. The Kier molecular flexibility index (Phi) is 6.84. The second-order valence-electron chi connectivity index (χ2n) is 8.75. The highest BCUT2D eigenvalue weighted by atomic mass is 32.2. The summed E-state index contributed by atoms with van der Waals surface area (Å²) in [5.74, 6) is -0.215. The number of likely N-dealkylation sites (tertiary alicyclic amines) is 1. The number of carbonyl (C=O) groups is 2. The summed E-state index contributed by atoms with van der Waals surface area (Å²) in [6.07, 6.45) is 1.18. The molecule has 0 unspecified atom stereocenters. The van der Waals surface area contributed by atoms with E-state index in [1.165, 1.54) is 12.1 Å². The number of nitrogens with zero attached hydrogens (tertiary/aromatic N) is 1. The number of amides is 1. The number of benzene rings is 3. The van der Waals surface area contributed by atoms with Crippen LogP contribution in [-0.4, -0.2) is 38.1 Å². The highest BCUT2D eigenvalue weighted by molar-refractivity contribution is 7.92. The van der Waals surface area contributed by atoms with Crippen LogP contribution < -0.4 is 4.72 Å². The average Bonchev–Trinajstić information content (AvgIpc) is 2.85. The van der Waals surface area contributed by atoms with E-state index in [-0.39, 0.29) is 22.5 Å². The number of carbonyl (C=O) groups excluding carboxylic acids is 2. The van der Waals surface area contributed by atoms with Crippen LogP contribution in [0.5, 0.6) is 0 Å². The van der Waals surface area contributed by atoms with Crippen molar-refractivity contribution >= 4 is 27.4 Å². The third-order valence-corrected chi connectivity index (χ3v) is 7.64. The predicted molar refractivity (Wildman–Crippen MR) is 133 cm³/mol. The van der Waals surface area contributed by atoms with E-state index in [0.717, 1.165) is 5.56 Å². The highest BCUT2D eigenvalue weighted by Gasteiger charge is 2.29. The molecule has 1 aliphatic heterocycles. The van der Waals surface area contributed by atoms with E-state index in [2.05, 4.69) is 4.72 Å². The Bertz CT molecular complexity index is 1290. The van der Waals surface area contributed by atoms with Gasteiger partial charge in [-0.1, -0.05) is 54.1 Å². The maximum Gasteiger partial charge on any atom is 0.261 e. The lowest BCUT2D eigenvalue weighted by Crippen LogP contribution is -2.40. The fourth-order valence-corrected chi connectivity index (χ4v) is 5.27. The first-order chi connectivity index (χ1) is 16.2. The predicted octanol–water partition coefficient (Wildman–Crippen LogP) is 4.84. The normalized spacial score (nSPS) is 14.6. The van der Waals surface area contributed by atoms with Gasteiger partial charge in [-0.15, -0.1) is 0 Å². The topological polar surface area (TPSA) is 83.6 Å². The number of hydrogen-bond donors (Lipinski definition) is 1. The van der Waals surface area contributed by atoms with Crippen LogP contribution in [0.1, 0.15) is 44.7 Å². The van der Waals surface area contributed by atoms with Crippen molar-refractivity contribution in [3.05, 3.63) is 95.1 Å². The van der Waals surface area contributed by atoms with Crippen LogP contribution in [0.4, 0.5) is 5.69 Å². The minimum absolute atomic E-state index is 0.0381. The van der Waals surface area contributed by atoms with E-state index in [1.54, 1.807) is 30.0 Å². The quantitative estimate of drug-likeness (QED) is 0.516. The van der Waals surface area contributed by atoms with Crippen LogP contribution >= 0.6 is 0 Å². The largest absolute Gasteiger partial charge is 0.339 e. The number of ketones is 1. The molecule has 1 N–H and O–H groups in total. The van der Waals surface area contributed by atoms with Crippen LogP contribution in [0, 0.1) is 19.8 Å². The maximum atomic E-state index is 13.3. The van der Waals surface area contributed by atoms with E-state index < -0.39 is 10.0 Å². The summed E-state index contributed by atoms with van der Waals surface area (Å²) in [5, 5.41) is 0. The Morgan fingerprint density at radius 3 is 2.18 bits per heavy atom. The van der Waals surface area contributed by atoms with Crippen molar-refractivity contribution in [1.29, 1.82) is 0 Å². The molecule has 3 aromatic carbocycles. The van der Waals surface area contributed by atoms with Gasteiger partial charge in [-0.2, -0.15) is 0 Å². The van der Waals surface area contributed by atoms with Gasteiger partial charge in [0.15, 0.2) is 5.78 Å². The Labute approximate surface area is 200 Å². The van der Waals surface area contributed by atoms with Gasteiger partial charge in [0.2, 0.25) is 0 Å². The van der Waals surface area contributed by atoms with E-state index in [1.807, 2.05) is 49.4 Å². The van der Waals surface area contributed by atoms with Crippen molar-refractivity contribution in [2.24, 2.45) is 5.92 Å². The van der Waals surface area contributed by atoms with Crippen LogP contribution in [0.15, 0.2) is 77.7 Å². The first kappa shape index (κ1) is 23.7. The zero-order chi connectivity index (χ0) is 24.3. The summed E-state index contributed by atoms with van der Waals surface area (Å²) in [5.41, 5.74) is 3.26. The van der Waals surface area contributed by atoms with Crippen molar-refractivity contribution in [3.8, 4) is 0 Å². The monoisotopic (exact) mass is 476 g/mol. The summed E-state index contributed by atoms with van der Waals surface area (Å²) >= 11 is 0. The number of Topliss-reactive ketones (excluding diaryl/α,β-unsaturated/α-hetero) is 1. The standard InChI is InChI=1S/C27H28N2O4S/c1-19-8-11-23(12-9-19)28-34(32,33)24-13-10-20(2)25(18-24)27(31)29-16-14-22(15-17-29)26(30)21-6-4-3-5-7-21/h3-13,18,22,28H,14-17H2,1-2H3. The van der Waals surface area contributed by atoms with Crippen molar-refractivity contribution < 1.29 is 18.0 Å². The number of rotatable bonds is 6. The third kappa shape index (κ3) is 5.20. The van der Waals surface area contributed by atoms with E-state index in [9.17, 15) is 18.0 Å². The zero-order valence-electron chi connectivity index (χ0n) is 19.3. The molecule has 176 valence electrons. The van der Waals surface area contributed by atoms with Crippen molar-refractivity contribution in [1.82, 2.24) is 4.90 Å². The number of aryl methyl sites for hydroxylation is 2. The molecule has 0 aliphatic carbocycles. The van der Waals surface area contributed by atoms with Crippen LogP contribution in [0.2, 0.25) is 0 Å². The molecular weight excluding hydrogens is 448 g/mol. The molecule has 7 heteroatoms. The van der Waals surface area contributed by atoms with E-state index in [4.69, 9.17) is 0 Å². The first-order valence-electron chi connectivity index (χ1n) is 11.3. The van der Waals surface area contributed by atoms with Gasteiger partial charge in [0.05, 0.1) is 4.90 Å². The molecule has 1 aliphatic rings. The molecule has 0 saturated carbocycles. The van der Waals surface area contributed by atoms with Crippen molar-refractivity contribution in [2.45, 2.75) is 31.6 Å². The molecule has 0 spiro atoms. The lowest BCUT2D eigenvalue weighted by molar-refractivity contribution is 0.0649. The Balaban J connectivity index is 1.47. The SMILES string of the molecule is Cc1ccc(NS(=O)(=O)c2ccc(C)c(C(=O)N3CCC(C(=O)c4ccccc4)CC3)c2)cc1. The minimum Gasteiger partial charge on any atom is -0.339 e. The molecule has 1 fully saturated rings. The summed E-state index contributed by atoms with van der Waals surface area (Å²) in [7, 11) is -3.85. The average molecular weight is 477 g/mol. The molecule has 1 heterocycles. The first-order valence-corrected chi connectivity index (χ1v) is 12.8. The van der Waals surface area contributed by atoms with Gasteiger partial charge in [0.25, 0.3) is 15.9 Å². The Morgan fingerprint density at radius 1 is 0.882 bits per heavy atom. The molecule has 0 atom stereocenters. The second-order valence-corrected chi connectivity index (χ2v) is 10.4. The van der Waals surface area contributed by atoms with Gasteiger partial charge >= 0.3 is 0 Å². The molecule has 1 saturated heterocycles. The minimum atomic E-state index is -3.85. The summed E-state index contributed by atoms with van der Waals surface area (Å²) in [6.45, 7) is 4.64. The molecular formula is C27H28N2O4S. The number of sulfonamides is 1. The van der Waals surface area contributed by atoms with Gasteiger partial charge in [0, 0.05) is 35.8 Å². The van der Waals surface area contributed by atoms with Gasteiger partial charge in [-0.25, -0.2) is 8.42 Å². The second kappa shape index (κ2) is 9.81. The fraction of sp³-hybridized carbons (Fsp3) is 0.259. The smallest absolute Gasteiger partial charge is 0.261 e.